The van der Waals surface area contributed by atoms with Gasteiger partial charge >= 0.3 is 12.0 Å². The summed E-state index contributed by atoms with van der Waals surface area (Å²) in [5.41, 5.74) is 0. The second-order valence-corrected chi connectivity index (χ2v) is 3.34. The van der Waals surface area contributed by atoms with Crippen molar-refractivity contribution in [3.8, 4) is 12.0 Å². The van der Waals surface area contributed by atoms with Gasteiger partial charge in [0.05, 0.1) is 20.8 Å². The molecule has 1 aromatic heterocycles. The first-order chi connectivity index (χ1) is 8.69. The summed E-state index contributed by atoms with van der Waals surface area (Å²) in [5.74, 6) is 0.0977. The van der Waals surface area contributed by atoms with Crippen LogP contribution in [0.25, 0.3) is 0 Å². The molecule has 0 atom stereocenters. The van der Waals surface area contributed by atoms with Crippen LogP contribution in [-0.4, -0.2) is 48.2 Å². The number of amides is 1. The molecule has 8 heteroatoms. The molecule has 0 saturated carbocycles. The standard InChI is InChI=1S/C10H17N5O3/c1-4-5-11-7(16)6-12-8-13-9(17-2)15-10(14-8)18-3/h4-6H2,1-3H3,(H,11,16)(H,12,13,14,15). The van der Waals surface area contributed by atoms with E-state index in [1.54, 1.807) is 0 Å². The summed E-state index contributed by atoms with van der Waals surface area (Å²) in [6, 6.07) is 0.247. The lowest BCUT2D eigenvalue weighted by molar-refractivity contribution is -0.119. The number of aromatic nitrogens is 3. The van der Waals surface area contributed by atoms with Crippen molar-refractivity contribution in [3.05, 3.63) is 0 Å². The predicted molar refractivity (Wildman–Crippen MR) is 64.7 cm³/mol. The van der Waals surface area contributed by atoms with Gasteiger partial charge in [0.25, 0.3) is 0 Å². The van der Waals surface area contributed by atoms with Gasteiger partial charge in [-0.1, -0.05) is 6.92 Å². The zero-order valence-corrected chi connectivity index (χ0v) is 10.7. The summed E-state index contributed by atoms with van der Waals surface area (Å²) in [5, 5.41) is 5.49. The molecule has 0 aromatic carbocycles. The average Bonchev–Trinajstić information content (AvgIpc) is 2.42. The van der Waals surface area contributed by atoms with Crippen LogP contribution in [0, 0.1) is 0 Å². The number of hydrogen-bond donors (Lipinski definition) is 2. The zero-order valence-electron chi connectivity index (χ0n) is 10.7. The van der Waals surface area contributed by atoms with Gasteiger partial charge in [-0.3, -0.25) is 4.79 Å². The van der Waals surface area contributed by atoms with Crippen LogP contribution >= 0.6 is 0 Å². The summed E-state index contributed by atoms with van der Waals surface area (Å²) in [7, 11) is 2.87. The Kier molecular flexibility index (Phi) is 5.62. The fraction of sp³-hybridized carbons (Fsp3) is 0.600. The minimum Gasteiger partial charge on any atom is -0.467 e. The quantitative estimate of drug-likeness (QED) is 0.697. The van der Waals surface area contributed by atoms with Crippen molar-refractivity contribution in [3.63, 3.8) is 0 Å². The van der Waals surface area contributed by atoms with Gasteiger partial charge in [0.15, 0.2) is 0 Å². The van der Waals surface area contributed by atoms with E-state index < -0.39 is 0 Å². The average molecular weight is 255 g/mol. The Labute approximate surface area is 105 Å². The minimum atomic E-state index is -0.129. The van der Waals surface area contributed by atoms with Crippen LogP contribution in [0.3, 0.4) is 0 Å². The van der Waals surface area contributed by atoms with E-state index in [-0.39, 0.29) is 30.4 Å². The maximum absolute atomic E-state index is 11.4. The summed E-state index contributed by atoms with van der Waals surface area (Å²) in [6.45, 7) is 2.70. The van der Waals surface area contributed by atoms with E-state index >= 15 is 0 Å². The molecule has 0 unspecified atom stereocenters. The lowest BCUT2D eigenvalue weighted by Gasteiger charge is -2.07. The molecule has 18 heavy (non-hydrogen) atoms. The topological polar surface area (TPSA) is 98.3 Å². The zero-order chi connectivity index (χ0) is 13.4. The Morgan fingerprint density at radius 2 is 1.78 bits per heavy atom. The first-order valence-electron chi connectivity index (χ1n) is 5.54. The van der Waals surface area contributed by atoms with Crippen molar-refractivity contribution >= 4 is 11.9 Å². The van der Waals surface area contributed by atoms with Gasteiger partial charge in [-0.2, -0.15) is 9.97 Å². The smallest absolute Gasteiger partial charge is 0.324 e. The third-order valence-corrected chi connectivity index (χ3v) is 1.94. The highest BCUT2D eigenvalue weighted by atomic mass is 16.5. The molecular formula is C10H17N5O3. The van der Waals surface area contributed by atoms with Crippen LogP contribution < -0.4 is 20.1 Å². The molecule has 0 spiro atoms. The van der Waals surface area contributed by atoms with Gasteiger partial charge < -0.3 is 20.1 Å². The van der Waals surface area contributed by atoms with E-state index in [2.05, 4.69) is 25.6 Å². The number of anilines is 1. The molecule has 1 rings (SSSR count). The summed E-state index contributed by atoms with van der Waals surface area (Å²) >= 11 is 0. The number of methoxy groups -OCH3 is 2. The highest BCUT2D eigenvalue weighted by Gasteiger charge is 2.08. The SMILES string of the molecule is CCCNC(=O)CNc1nc(OC)nc(OC)n1. The van der Waals surface area contributed by atoms with Crippen LogP contribution in [0.1, 0.15) is 13.3 Å². The summed E-state index contributed by atoms with van der Waals surface area (Å²) in [6.07, 6.45) is 0.888. The van der Waals surface area contributed by atoms with Gasteiger partial charge in [0.1, 0.15) is 0 Å². The van der Waals surface area contributed by atoms with Crippen LogP contribution in [0.5, 0.6) is 12.0 Å². The Balaban J connectivity index is 2.58. The number of carbonyl (C=O) groups is 1. The van der Waals surface area contributed by atoms with Crippen LogP contribution in [0.2, 0.25) is 0 Å². The molecule has 1 aromatic rings. The largest absolute Gasteiger partial charge is 0.467 e. The normalized spacial score (nSPS) is 9.72. The number of carbonyl (C=O) groups excluding carboxylic acids is 1. The Morgan fingerprint density at radius 1 is 1.17 bits per heavy atom. The van der Waals surface area contributed by atoms with Crippen molar-refractivity contribution < 1.29 is 14.3 Å². The molecule has 0 fully saturated rings. The van der Waals surface area contributed by atoms with Gasteiger partial charge in [0.2, 0.25) is 11.9 Å². The number of nitrogens with zero attached hydrogens (tertiary/aromatic N) is 3. The fourth-order valence-corrected chi connectivity index (χ4v) is 1.09. The van der Waals surface area contributed by atoms with E-state index in [0.29, 0.717) is 6.54 Å². The van der Waals surface area contributed by atoms with E-state index in [0.717, 1.165) is 6.42 Å². The molecule has 0 radical (unpaired) electrons. The molecular weight excluding hydrogens is 238 g/mol. The number of hydrogen-bond acceptors (Lipinski definition) is 7. The molecule has 0 aliphatic rings. The summed E-state index contributed by atoms with van der Waals surface area (Å²) < 4.78 is 9.77. The third kappa shape index (κ3) is 4.40. The lowest BCUT2D eigenvalue weighted by Crippen LogP contribution is -2.30. The Hall–Kier alpha value is -2.12. The van der Waals surface area contributed by atoms with Crippen molar-refractivity contribution in [1.29, 1.82) is 0 Å². The van der Waals surface area contributed by atoms with Crippen molar-refractivity contribution in [2.24, 2.45) is 0 Å². The molecule has 0 aliphatic heterocycles. The first kappa shape index (κ1) is 13.9. The first-order valence-corrected chi connectivity index (χ1v) is 5.54. The van der Waals surface area contributed by atoms with E-state index in [4.69, 9.17) is 9.47 Å². The van der Waals surface area contributed by atoms with E-state index in [9.17, 15) is 4.79 Å². The monoisotopic (exact) mass is 255 g/mol. The minimum absolute atomic E-state index is 0.0797. The third-order valence-electron chi connectivity index (χ3n) is 1.94. The molecule has 0 aliphatic carbocycles. The molecule has 1 amide bonds. The van der Waals surface area contributed by atoms with Gasteiger partial charge in [-0.15, -0.1) is 4.98 Å². The highest BCUT2D eigenvalue weighted by molar-refractivity contribution is 5.80. The maximum Gasteiger partial charge on any atom is 0.324 e. The summed E-state index contributed by atoms with van der Waals surface area (Å²) in [4.78, 5) is 23.1. The van der Waals surface area contributed by atoms with Crippen molar-refractivity contribution in [2.75, 3.05) is 32.6 Å². The van der Waals surface area contributed by atoms with Gasteiger partial charge in [0, 0.05) is 6.54 Å². The Morgan fingerprint density at radius 3 is 2.28 bits per heavy atom. The predicted octanol–water partition coefficient (Wildman–Crippen LogP) is -0.173. The molecule has 0 bridgehead atoms. The van der Waals surface area contributed by atoms with E-state index in [1.165, 1.54) is 14.2 Å². The van der Waals surface area contributed by atoms with Crippen LogP contribution in [0.4, 0.5) is 5.95 Å². The molecule has 100 valence electrons. The van der Waals surface area contributed by atoms with E-state index in [1.807, 2.05) is 6.92 Å². The maximum atomic E-state index is 11.4. The van der Waals surface area contributed by atoms with Gasteiger partial charge in [-0.25, -0.2) is 0 Å². The molecule has 1 heterocycles. The molecule has 8 nitrogen and oxygen atoms in total. The fourth-order valence-electron chi connectivity index (χ4n) is 1.09. The molecule has 2 N–H and O–H groups in total. The number of rotatable bonds is 7. The second-order valence-electron chi connectivity index (χ2n) is 3.34. The second kappa shape index (κ2) is 7.25. The van der Waals surface area contributed by atoms with Crippen LogP contribution in [0.15, 0.2) is 0 Å². The van der Waals surface area contributed by atoms with Crippen molar-refractivity contribution in [2.45, 2.75) is 13.3 Å². The van der Waals surface area contributed by atoms with Crippen LogP contribution in [-0.2, 0) is 4.79 Å². The highest BCUT2D eigenvalue weighted by Crippen LogP contribution is 2.11. The number of nitrogens with one attached hydrogen (secondary N) is 2. The lowest BCUT2D eigenvalue weighted by atomic mass is 10.4. The van der Waals surface area contributed by atoms with Gasteiger partial charge in [-0.05, 0) is 6.42 Å². The molecule has 0 saturated heterocycles. The number of ether oxygens (including phenoxy) is 2. The Bertz CT molecular complexity index is 377. The van der Waals surface area contributed by atoms with Crippen molar-refractivity contribution in [1.82, 2.24) is 20.3 Å².